The lowest BCUT2D eigenvalue weighted by molar-refractivity contribution is -0.144. The van der Waals surface area contributed by atoms with E-state index < -0.39 is 46.8 Å². The molecule has 50 heavy (non-hydrogen) atoms. The van der Waals surface area contributed by atoms with Crippen LogP contribution in [-0.4, -0.2) is 102 Å². The number of fused-ring (bicyclic) bond motifs is 5. The number of rotatable bonds is 5. The second-order valence-corrected chi connectivity index (χ2v) is 14.0. The summed E-state index contributed by atoms with van der Waals surface area (Å²) in [5, 5.41) is 10.2. The van der Waals surface area contributed by atoms with Gasteiger partial charge in [0.05, 0.1) is 18.3 Å². The van der Waals surface area contributed by atoms with E-state index in [1.54, 1.807) is 29.2 Å². The van der Waals surface area contributed by atoms with Crippen LogP contribution in [0.15, 0.2) is 63.7 Å². The maximum absolute atomic E-state index is 14.1. The summed E-state index contributed by atoms with van der Waals surface area (Å²) in [6.45, 7) is 8.96. The van der Waals surface area contributed by atoms with Crippen molar-refractivity contribution in [1.29, 1.82) is 0 Å². The van der Waals surface area contributed by atoms with Crippen molar-refractivity contribution < 1.29 is 29.0 Å². The highest BCUT2D eigenvalue weighted by atomic mass is 16.5. The fourth-order valence-electron chi connectivity index (χ4n) is 7.99. The lowest BCUT2D eigenvalue weighted by atomic mass is 9.82. The molecule has 0 spiro atoms. The number of nitrogens with zero attached hydrogens (tertiary/aromatic N) is 6. The fourth-order valence-corrected chi connectivity index (χ4v) is 7.99. The fraction of sp³-hybridized carbons (Fsp3) is 0.444. The smallest absolute Gasteiger partial charge is 0.407 e. The number of Topliss-reactive ketones (excluding diaryl/α,β-unsaturated/α-hetero) is 2. The summed E-state index contributed by atoms with van der Waals surface area (Å²) in [6, 6.07) is 10.9. The van der Waals surface area contributed by atoms with E-state index in [-0.39, 0.29) is 18.4 Å². The van der Waals surface area contributed by atoms with E-state index in [0.717, 1.165) is 15.7 Å². The van der Waals surface area contributed by atoms with E-state index in [1.165, 1.54) is 28.1 Å². The number of likely N-dealkylation sites (tertiary alicyclic amines) is 1. The Morgan fingerprint density at radius 1 is 0.900 bits per heavy atom. The Labute approximate surface area is 287 Å². The molecule has 2 amide bonds. The zero-order valence-corrected chi connectivity index (χ0v) is 28.5. The molecule has 7 rings (SSSR count). The monoisotopic (exact) mass is 684 g/mol. The number of carbonyl (C=O) groups excluding carboxylic acids is 3. The molecule has 0 radical (unpaired) electrons. The molecule has 0 saturated carbocycles. The molecule has 4 aliphatic rings. The van der Waals surface area contributed by atoms with Crippen molar-refractivity contribution >= 4 is 23.6 Å². The van der Waals surface area contributed by atoms with Crippen LogP contribution >= 0.6 is 0 Å². The van der Waals surface area contributed by atoms with Crippen LogP contribution in [0.1, 0.15) is 74.1 Å². The van der Waals surface area contributed by atoms with Gasteiger partial charge in [-0.1, -0.05) is 18.2 Å². The second kappa shape index (κ2) is 12.3. The van der Waals surface area contributed by atoms with Gasteiger partial charge in [-0.2, -0.15) is 0 Å². The van der Waals surface area contributed by atoms with E-state index >= 15 is 0 Å². The molecule has 0 bridgehead atoms. The van der Waals surface area contributed by atoms with Gasteiger partial charge in [-0.15, -0.1) is 0 Å². The van der Waals surface area contributed by atoms with Crippen LogP contribution in [0.4, 0.5) is 4.79 Å². The maximum atomic E-state index is 14.1. The molecule has 14 nitrogen and oxygen atoms in total. The summed E-state index contributed by atoms with van der Waals surface area (Å²) in [4.78, 5) is 81.2. The number of ketones is 2. The average Bonchev–Trinajstić information content (AvgIpc) is 3.36. The van der Waals surface area contributed by atoms with Crippen molar-refractivity contribution in [2.24, 2.45) is 0 Å². The summed E-state index contributed by atoms with van der Waals surface area (Å²) < 4.78 is 10.6. The molecule has 5 heterocycles. The van der Waals surface area contributed by atoms with Gasteiger partial charge in [0.1, 0.15) is 17.4 Å². The van der Waals surface area contributed by atoms with E-state index in [1.807, 2.05) is 38.1 Å². The highest BCUT2D eigenvalue weighted by Crippen LogP contribution is 2.47. The molecule has 1 aromatic heterocycles. The van der Waals surface area contributed by atoms with E-state index in [2.05, 4.69) is 4.90 Å². The molecule has 0 aliphatic carbocycles. The lowest BCUT2D eigenvalue weighted by Crippen LogP contribution is -2.56. The summed E-state index contributed by atoms with van der Waals surface area (Å²) >= 11 is 0. The zero-order valence-electron chi connectivity index (χ0n) is 28.5. The molecule has 2 fully saturated rings. The summed E-state index contributed by atoms with van der Waals surface area (Å²) in [7, 11) is 0. The highest BCUT2D eigenvalue weighted by molar-refractivity contribution is 6.35. The number of piperazine rings is 1. The third-order valence-electron chi connectivity index (χ3n) is 10.6. The standard InChI is InChI=1S/C36H40N6O8/c1-21(43)23-5-8-26(9-6-23)41-33(46)40-16-13-28-31(42(40)34(41)47)27-10-7-24(19-30(27)50-36(28,3)4)29-20-38(17-18-39(29)35(48)49)25-11-14-37(15-12-25)32(45)22(2)44/h5-10,13,19,25,29,31H,11-12,14-18,20H2,1-4H3,(H,48,49). The van der Waals surface area contributed by atoms with Crippen LogP contribution in [-0.2, 0) is 16.1 Å². The summed E-state index contributed by atoms with van der Waals surface area (Å²) in [5.74, 6) is -0.565. The molecule has 262 valence electrons. The molecular weight excluding hydrogens is 644 g/mol. The molecule has 2 aromatic carbocycles. The molecule has 3 aromatic rings. The van der Waals surface area contributed by atoms with Gasteiger partial charge in [0.25, 0.3) is 5.91 Å². The van der Waals surface area contributed by atoms with Crippen molar-refractivity contribution in [1.82, 2.24) is 28.6 Å². The first-order valence-corrected chi connectivity index (χ1v) is 16.9. The Bertz CT molecular complexity index is 2060. The minimum atomic E-state index is -1.03. The predicted molar refractivity (Wildman–Crippen MR) is 181 cm³/mol. The number of carbonyl (C=O) groups is 4. The number of aromatic nitrogens is 3. The van der Waals surface area contributed by atoms with Gasteiger partial charge in [-0.3, -0.25) is 24.2 Å². The Kier molecular flexibility index (Phi) is 8.16. The number of carboxylic acid groups (broad SMARTS) is 1. The van der Waals surface area contributed by atoms with E-state index in [0.29, 0.717) is 68.1 Å². The second-order valence-electron chi connectivity index (χ2n) is 14.0. The molecule has 2 unspecified atom stereocenters. The van der Waals surface area contributed by atoms with Crippen LogP contribution in [0.25, 0.3) is 5.69 Å². The topological polar surface area (TPSA) is 156 Å². The lowest BCUT2D eigenvalue weighted by Gasteiger charge is -2.46. The van der Waals surface area contributed by atoms with Gasteiger partial charge in [0.15, 0.2) is 5.78 Å². The van der Waals surface area contributed by atoms with Gasteiger partial charge in [0.2, 0.25) is 5.78 Å². The Balaban J connectivity index is 1.22. The highest BCUT2D eigenvalue weighted by Gasteiger charge is 2.45. The molecule has 2 atom stereocenters. The number of allylic oxidation sites excluding steroid dienone is 1. The van der Waals surface area contributed by atoms with E-state index in [9.17, 15) is 33.9 Å². The van der Waals surface area contributed by atoms with Gasteiger partial charge < -0.3 is 14.7 Å². The molecule has 4 aliphatic heterocycles. The van der Waals surface area contributed by atoms with Gasteiger partial charge in [-0.05, 0) is 75.1 Å². The van der Waals surface area contributed by atoms with Gasteiger partial charge >= 0.3 is 17.5 Å². The van der Waals surface area contributed by atoms with Crippen LogP contribution in [0.2, 0.25) is 0 Å². The van der Waals surface area contributed by atoms with Crippen LogP contribution in [0.5, 0.6) is 5.75 Å². The average molecular weight is 685 g/mol. The first-order chi connectivity index (χ1) is 23.8. The third-order valence-corrected chi connectivity index (χ3v) is 10.6. The van der Waals surface area contributed by atoms with Crippen LogP contribution < -0.4 is 16.1 Å². The van der Waals surface area contributed by atoms with Crippen molar-refractivity contribution in [2.75, 3.05) is 32.7 Å². The van der Waals surface area contributed by atoms with Crippen molar-refractivity contribution in [3.63, 3.8) is 0 Å². The van der Waals surface area contributed by atoms with Gasteiger partial charge in [-0.25, -0.2) is 28.3 Å². The predicted octanol–water partition coefficient (Wildman–Crippen LogP) is 2.62. The first kappa shape index (κ1) is 33.3. The number of benzene rings is 2. The number of ether oxygens (including phenoxy) is 1. The molecule has 2 saturated heterocycles. The van der Waals surface area contributed by atoms with Crippen molar-refractivity contribution in [3.05, 3.63) is 91.8 Å². The SMILES string of the molecule is CC(=O)C(=O)N1CCC(N2CCN(C(=O)O)C(c3ccc4c(c3)OC(C)(C)C3=CCn5c(=O)n(-c6ccc(C(C)=O)cc6)c(=O)n5C34)C2)CC1. The normalized spacial score (nSPS) is 21.7. The Hall–Kier alpha value is -5.24. The van der Waals surface area contributed by atoms with Gasteiger partial charge in [0, 0.05) is 56.8 Å². The molecule has 1 N–H and O–H groups in total. The first-order valence-electron chi connectivity index (χ1n) is 16.9. The van der Waals surface area contributed by atoms with Crippen molar-refractivity contribution in [2.45, 2.75) is 70.8 Å². The number of amides is 2. The largest absolute Gasteiger partial charge is 0.483 e. The quantitative estimate of drug-likeness (QED) is 0.243. The van der Waals surface area contributed by atoms with Crippen LogP contribution in [0, 0.1) is 0 Å². The molecular formula is C36H40N6O8. The minimum absolute atomic E-state index is 0.123. The third kappa shape index (κ3) is 5.47. The van der Waals surface area contributed by atoms with E-state index in [4.69, 9.17) is 4.74 Å². The number of piperidine rings is 1. The Morgan fingerprint density at radius 2 is 1.60 bits per heavy atom. The number of hydrogen-bond donors (Lipinski definition) is 1. The van der Waals surface area contributed by atoms with Crippen molar-refractivity contribution in [3.8, 4) is 11.4 Å². The number of hydrogen-bond acceptors (Lipinski definition) is 8. The van der Waals surface area contributed by atoms with Crippen LogP contribution in [0.3, 0.4) is 0 Å². The Morgan fingerprint density at radius 3 is 2.24 bits per heavy atom. The molecule has 14 heteroatoms. The maximum Gasteiger partial charge on any atom is 0.407 e. The summed E-state index contributed by atoms with van der Waals surface area (Å²) in [6.07, 6.45) is 2.27. The zero-order chi connectivity index (χ0) is 35.6. The summed E-state index contributed by atoms with van der Waals surface area (Å²) in [5.41, 5.74) is 1.20. The minimum Gasteiger partial charge on any atom is -0.483 e.